The second-order valence-corrected chi connectivity index (χ2v) is 4.35. The van der Waals surface area contributed by atoms with Crippen molar-refractivity contribution in [3.05, 3.63) is 22.8 Å². The first-order chi connectivity index (χ1) is 10.0. The second-order valence-electron chi connectivity index (χ2n) is 3.98. The molecular weight excluding hydrogens is 300 g/mol. The van der Waals surface area contributed by atoms with Crippen LogP contribution in [0.25, 0.3) is 11.3 Å². The van der Waals surface area contributed by atoms with Crippen LogP contribution in [-0.4, -0.2) is 42.6 Å². The number of carbonyl (C=O) groups is 1. The van der Waals surface area contributed by atoms with Crippen molar-refractivity contribution in [2.45, 2.75) is 0 Å². The number of rotatable bonds is 5. The summed E-state index contributed by atoms with van der Waals surface area (Å²) in [5, 5.41) is 15.6. The van der Waals surface area contributed by atoms with Crippen LogP contribution in [0.1, 0.15) is 10.5 Å². The number of ether oxygens (including phenoxy) is 3. The number of carboxylic acids is 1. The first-order valence-electron chi connectivity index (χ1n) is 5.81. The van der Waals surface area contributed by atoms with Gasteiger partial charge in [-0.05, 0) is 6.07 Å². The van der Waals surface area contributed by atoms with Crippen molar-refractivity contribution >= 4 is 17.6 Å². The number of nitrogens with one attached hydrogen (secondary N) is 1. The molecule has 0 atom stereocenters. The number of methoxy groups -OCH3 is 3. The smallest absolute Gasteiger partial charge is 0.353 e. The van der Waals surface area contributed by atoms with Crippen molar-refractivity contribution < 1.29 is 24.1 Å². The molecule has 0 saturated carbocycles. The normalized spacial score (nSPS) is 10.3. The molecule has 2 aromatic rings. The molecule has 1 aromatic carbocycles. The van der Waals surface area contributed by atoms with Crippen LogP contribution in [0.15, 0.2) is 12.1 Å². The maximum Gasteiger partial charge on any atom is 0.353 e. The van der Waals surface area contributed by atoms with E-state index in [0.29, 0.717) is 28.5 Å². The van der Waals surface area contributed by atoms with E-state index >= 15 is 0 Å². The van der Waals surface area contributed by atoms with E-state index in [-0.39, 0.29) is 10.7 Å². The number of aromatic amines is 1. The molecule has 0 unspecified atom stereocenters. The lowest BCUT2D eigenvalue weighted by atomic mass is 10.1. The molecular formula is C13H13ClN2O5. The van der Waals surface area contributed by atoms with Crippen LogP contribution < -0.4 is 14.2 Å². The van der Waals surface area contributed by atoms with Crippen molar-refractivity contribution in [2.24, 2.45) is 0 Å². The maximum atomic E-state index is 10.9. The molecule has 8 heteroatoms. The van der Waals surface area contributed by atoms with Gasteiger partial charge in [0.2, 0.25) is 0 Å². The summed E-state index contributed by atoms with van der Waals surface area (Å²) in [4.78, 5) is 10.9. The van der Waals surface area contributed by atoms with Crippen molar-refractivity contribution in [1.29, 1.82) is 0 Å². The zero-order valence-corrected chi connectivity index (χ0v) is 12.3. The molecule has 1 aromatic heterocycles. The topological polar surface area (TPSA) is 93.7 Å². The predicted molar refractivity (Wildman–Crippen MR) is 75.6 cm³/mol. The molecule has 112 valence electrons. The van der Waals surface area contributed by atoms with Crippen molar-refractivity contribution in [3.63, 3.8) is 0 Å². The van der Waals surface area contributed by atoms with Crippen LogP contribution in [0.3, 0.4) is 0 Å². The highest BCUT2D eigenvalue weighted by atomic mass is 35.5. The van der Waals surface area contributed by atoms with Gasteiger partial charge in [0.1, 0.15) is 11.4 Å². The second kappa shape index (κ2) is 5.92. The predicted octanol–water partition coefficient (Wildman–Crippen LogP) is 2.45. The van der Waals surface area contributed by atoms with Gasteiger partial charge in [-0.15, -0.1) is 0 Å². The van der Waals surface area contributed by atoms with Crippen molar-refractivity contribution in [1.82, 2.24) is 10.2 Å². The lowest BCUT2D eigenvalue weighted by Crippen LogP contribution is -1.97. The Bertz CT molecular complexity index is 683. The molecule has 0 fully saturated rings. The van der Waals surface area contributed by atoms with E-state index in [0.717, 1.165) is 0 Å². The number of hydrogen-bond donors (Lipinski definition) is 2. The highest BCUT2D eigenvalue weighted by Gasteiger charge is 2.23. The zero-order chi connectivity index (χ0) is 15.6. The number of H-pyrrole nitrogens is 1. The maximum absolute atomic E-state index is 10.9. The Labute approximate surface area is 125 Å². The average molecular weight is 313 g/mol. The zero-order valence-electron chi connectivity index (χ0n) is 11.6. The number of benzene rings is 1. The molecule has 21 heavy (non-hydrogen) atoms. The summed E-state index contributed by atoms with van der Waals surface area (Å²) in [7, 11) is 4.39. The lowest BCUT2D eigenvalue weighted by molar-refractivity contribution is 0.0690. The van der Waals surface area contributed by atoms with E-state index in [2.05, 4.69) is 10.2 Å². The number of halogens is 1. The summed E-state index contributed by atoms with van der Waals surface area (Å²) in [6.45, 7) is 0. The van der Waals surface area contributed by atoms with E-state index in [1.807, 2.05) is 0 Å². The summed E-state index contributed by atoms with van der Waals surface area (Å²) in [5.74, 6) is -0.0248. The van der Waals surface area contributed by atoms with Gasteiger partial charge in [0, 0.05) is 6.07 Å². The fourth-order valence-electron chi connectivity index (χ4n) is 1.88. The van der Waals surface area contributed by atoms with Gasteiger partial charge < -0.3 is 19.3 Å². The standard InChI is InChI=1S/C13H13ClN2O5/c1-19-8-5-9(20-2)12(21-3)10(11(8)14)6-4-7(13(17)18)16-15-6/h4-5H,1-3H3,(H,15,16)(H,17,18). The van der Waals surface area contributed by atoms with Crippen molar-refractivity contribution in [2.75, 3.05) is 21.3 Å². The molecule has 0 aliphatic carbocycles. The van der Waals surface area contributed by atoms with Gasteiger partial charge in [-0.2, -0.15) is 5.10 Å². The minimum Gasteiger partial charge on any atom is -0.495 e. The number of aromatic carboxylic acids is 1. The number of aromatic nitrogens is 2. The number of hydrogen-bond acceptors (Lipinski definition) is 5. The molecule has 2 rings (SSSR count). The average Bonchev–Trinajstić information content (AvgIpc) is 2.96. The molecule has 0 aliphatic rings. The highest BCUT2D eigenvalue weighted by Crippen LogP contribution is 2.47. The third-order valence-corrected chi connectivity index (χ3v) is 3.23. The van der Waals surface area contributed by atoms with Crippen molar-refractivity contribution in [3.8, 4) is 28.5 Å². The largest absolute Gasteiger partial charge is 0.495 e. The minimum atomic E-state index is -1.13. The van der Waals surface area contributed by atoms with Crippen LogP contribution in [0, 0.1) is 0 Å². The fraction of sp³-hybridized carbons (Fsp3) is 0.231. The Kier molecular flexibility index (Phi) is 4.23. The summed E-state index contributed by atoms with van der Waals surface area (Å²) >= 11 is 6.28. The summed E-state index contributed by atoms with van der Waals surface area (Å²) < 4.78 is 15.7. The molecule has 0 saturated heterocycles. The van der Waals surface area contributed by atoms with Gasteiger partial charge in [0.15, 0.2) is 11.5 Å². The van der Waals surface area contributed by atoms with Gasteiger partial charge in [-0.25, -0.2) is 4.79 Å². The Balaban J connectivity index is 2.72. The monoisotopic (exact) mass is 312 g/mol. The number of carboxylic acid groups (broad SMARTS) is 1. The fourth-order valence-corrected chi connectivity index (χ4v) is 2.20. The molecule has 0 amide bonds. The SMILES string of the molecule is COc1cc(OC)c(OC)c(-c2cc(C(=O)O)[nH]n2)c1Cl. The molecule has 7 nitrogen and oxygen atoms in total. The van der Waals surface area contributed by atoms with E-state index in [1.165, 1.54) is 27.4 Å². The van der Waals surface area contributed by atoms with Gasteiger partial charge in [0.05, 0.1) is 37.6 Å². The van der Waals surface area contributed by atoms with Crippen LogP contribution in [0.4, 0.5) is 0 Å². The third-order valence-electron chi connectivity index (χ3n) is 2.86. The Morgan fingerprint density at radius 3 is 2.33 bits per heavy atom. The summed E-state index contributed by atoms with van der Waals surface area (Å²) in [6.07, 6.45) is 0. The molecule has 1 heterocycles. The third kappa shape index (κ3) is 2.59. The van der Waals surface area contributed by atoms with Crippen LogP contribution in [0.5, 0.6) is 17.2 Å². The van der Waals surface area contributed by atoms with Gasteiger partial charge in [0.25, 0.3) is 0 Å². The quantitative estimate of drug-likeness (QED) is 0.880. The molecule has 0 bridgehead atoms. The van der Waals surface area contributed by atoms with E-state index in [9.17, 15) is 4.79 Å². The highest BCUT2D eigenvalue weighted by molar-refractivity contribution is 6.35. The summed E-state index contributed by atoms with van der Waals surface area (Å²) in [5.41, 5.74) is 0.635. The van der Waals surface area contributed by atoms with Gasteiger partial charge in [-0.3, -0.25) is 5.10 Å². The summed E-state index contributed by atoms with van der Waals surface area (Å²) in [6, 6.07) is 2.93. The van der Waals surface area contributed by atoms with Gasteiger partial charge >= 0.3 is 5.97 Å². The van der Waals surface area contributed by atoms with E-state index in [4.69, 9.17) is 30.9 Å². The lowest BCUT2D eigenvalue weighted by Gasteiger charge is -2.15. The van der Waals surface area contributed by atoms with Gasteiger partial charge in [-0.1, -0.05) is 11.6 Å². The van der Waals surface area contributed by atoms with E-state index in [1.54, 1.807) is 6.07 Å². The van der Waals surface area contributed by atoms with E-state index < -0.39 is 5.97 Å². The first-order valence-corrected chi connectivity index (χ1v) is 6.18. The molecule has 0 aliphatic heterocycles. The Morgan fingerprint density at radius 1 is 1.19 bits per heavy atom. The van der Waals surface area contributed by atoms with Crippen LogP contribution in [-0.2, 0) is 0 Å². The molecule has 0 spiro atoms. The van der Waals surface area contributed by atoms with Crippen LogP contribution >= 0.6 is 11.6 Å². The first kappa shape index (κ1) is 15.0. The Hall–Kier alpha value is -2.41. The van der Waals surface area contributed by atoms with Crippen LogP contribution in [0.2, 0.25) is 5.02 Å². The number of nitrogens with zero attached hydrogens (tertiary/aromatic N) is 1. The molecule has 0 radical (unpaired) electrons. The molecule has 2 N–H and O–H groups in total. The minimum absolute atomic E-state index is 0.0649. The Morgan fingerprint density at radius 2 is 1.86 bits per heavy atom.